The highest BCUT2D eigenvalue weighted by atomic mass is 35.5. The van der Waals surface area contributed by atoms with Gasteiger partial charge in [0.1, 0.15) is 6.04 Å². The van der Waals surface area contributed by atoms with Gasteiger partial charge in [-0.15, -0.1) is 0 Å². The monoisotopic (exact) mass is 402 g/mol. The highest BCUT2D eigenvalue weighted by Gasteiger charge is 2.25. The molecule has 0 fully saturated rings. The number of ether oxygens (including phenoxy) is 1. The highest BCUT2D eigenvalue weighted by molar-refractivity contribution is 6.36. The van der Waals surface area contributed by atoms with Crippen LogP contribution in [-0.4, -0.2) is 36.5 Å². The quantitative estimate of drug-likeness (QED) is 0.653. The van der Waals surface area contributed by atoms with Crippen LogP contribution in [0, 0.1) is 5.92 Å². The third-order valence-electron chi connectivity index (χ3n) is 3.27. The first-order valence-corrected chi connectivity index (χ1v) is 9.07. The number of hydrogen-bond acceptors (Lipinski definition) is 4. The molecule has 8 heteroatoms. The van der Waals surface area contributed by atoms with Crippen molar-refractivity contribution in [1.29, 1.82) is 0 Å². The van der Waals surface area contributed by atoms with E-state index >= 15 is 0 Å². The van der Waals surface area contributed by atoms with Crippen LogP contribution in [0.15, 0.2) is 18.2 Å². The molecular formula is C18H24Cl2N2O4. The second-order valence-electron chi connectivity index (χ2n) is 6.61. The van der Waals surface area contributed by atoms with Crippen molar-refractivity contribution in [2.45, 2.75) is 46.2 Å². The normalized spacial score (nSPS) is 12.0. The van der Waals surface area contributed by atoms with Crippen molar-refractivity contribution in [3.8, 4) is 0 Å². The third kappa shape index (κ3) is 7.62. The fourth-order valence-corrected chi connectivity index (χ4v) is 2.69. The molecule has 0 aliphatic carbocycles. The van der Waals surface area contributed by atoms with Gasteiger partial charge < -0.3 is 15.4 Å². The van der Waals surface area contributed by atoms with Gasteiger partial charge in [-0.1, -0.05) is 37.0 Å². The van der Waals surface area contributed by atoms with Gasteiger partial charge in [-0.25, -0.2) is 4.79 Å². The van der Waals surface area contributed by atoms with Crippen LogP contribution in [-0.2, 0) is 14.3 Å². The number of rotatable bonds is 8. The molecule has 0 saturated heterocycles. The minimum absolute atomic E-state index is 0.0561. The van der Waals surface area contributed by atoms with Crippen LogP contribution in [0.4, 0.5) is 0 Å². The summed E-state index contributed by atoms with van der Waals surface area (Å²) in [4.78, 5) is 36.4. The lowest BCUT2D eigenvalue weighted by Gasteiger charge is -2.20. The Morgan fingerprint density at radius 3 is 2.27 bits per heavy atom. The molecule has 1 aromatic carbocycles. The summed E-state index contributed by atoms with van der Waals surface area (Å²) in [5.74, 6) is -1.46. The van der Waals surface area contributed by atoms with E-state index in [4.69, 9.17) is 27.9 Å². The summed E-state index contributed by atoms with van der Waals surface area (Å²) >= 11 is 11.9. The molecule has 0 aliphatic heterocycles. The van der Waals surface area contributed by atoms with Crippen molar-refractivity contribution >= 4 is 41.0 Å². The molecule has 2 N–H and O–H groups in total. The average Bonchev–Trinajstić information content (AvgIpc) is 2.50. The zero-order chi connectivity index (χ0) is 19.9. The van der Waals surface area contributed by atoms with Crippen molar-refractivity contribution in [3.63, 3.8) is 0 Å². The molecular weight excluding hydrogens is 379 g/mol. The maximum atomic E-state index is 12.4. The largest absolute Gasteiger partial charge is 0.454 e. The van der Waals surface area contributed by atoms with Crippen molar-refractivity contribution in [3.05, 3.63) is 33.8 Å². The number of amides is 2. The van der Waals surface area contributed by atoms with E-state index in [1.165, 1.54) is 18.2 Å². The van der Waals surface area contributed by atoms with Gasteiger partial charge in [0.25, 0.3) is 11.8 Å². The van der Waals surface area contributed by atoms with Gasteiger partial charge in [0.05, 0.1) is 10.6 Å². The summed E-state index contributed by atoms with van der Waals surface area (Å²) in [6.07, 6.45) is 0.363. The molecule has 1 rings (SSSR count). The highest BCUT2D eigenvalue weighted by Crippen LogP contribution is 2.21. The van der Waals surface area contributed by atoms with Crippen molar-refractivity contribution in [2.24, 2.45) is 5.92 Å². The van der Waals surface area contributed by atoms with Gasteiger partial charge in [0, 0.05) is 11.1 Å². The van der Waals surface area contributed by atoms with Crippen LogP contribution < -0.4 is 10.6 Å². The van der Waals surface area contributed by atoms with Crippen LogP contribution in [0.1, 0.15) is 44.5 Å². The van der Waals surface area contributed by atoms with Crippen molar-refractivity contribution < 1.29 is 19.1 Å². The molecule has 144 valence electrons. The maximum absolute atomic E-state index is 12.4. The summed E-state index contributed by atoms with van der Waals surface area (Å²) in [7, 11) is 0. The van der Waals surface area contributed by atoms with Crippen LogP contribution in [0.5, 0.6) is 0 Å². The molecule has 1 atom stereocenters. The molecule has 0 spiro atoms. The SMILES string of the molecule is CC(C)C[C@@H](NC(=O)c1ccc(Cl)cc1Cl)C(=O)OCC(=O)NC(C)C. The van der Waals surface area contributed by atoms with E-state index in [1.54, 1.807) is 13.8 Å². The summed E-state index contributed by atoms with van der Waals surface area (Å²) < 4.78 is 5.03. The number of halogens is 2. The minimum Gasteiger partial charge on any atom is -0.454 e. The van der Waals surface area contributed by atoms with Crippen LogP contribution in [0.2, 0.25) is 10.0 Å². The predicted octanol–water partition coefficient (Wildman–Crippen LogP) is 3.21. The summed E-state index contributed by atoms with van der Waals surface area (Å²) in [6, 6.07) is 3.52. The molecule has 1 aromatic rings. The van der Waals surface area contributed by atoms with E-state index in [-0.39, 0.29) is 22.5 Å². The molecule has 0 radical (unpaired) electrons. The molecule has 0 heterocycles. The number of carbonyl (C=O) groups is 3. The van der Waals surface area contributed by atoms with Gasteiger partial charge in [0.2, 0.25) is 0 Å². The molecule has 0 unspecified atom stereocenters. The van der Waals surface area contributed by atoms with Crippen molar-refractivity contribution in [1.82, 2.24) is 10.6 Å². The number of carbonyl (C=O) groups excluding carboxylic acids is 3. The van der Waals surface area contributed by atoms with E-state index in [9.17, 15) is 14.4 Å². The van der Waals surface area contributed by atoms with E-state index < -0.39 is 30.4 Å². The second-order valence-corrected chi connectivity index (χ2v) is 7.45. The topological polar surface area (TPSA) is 84.5 Å². The van der Waals surface area contributed by atoms with E-state index in [0.29, 0.717) is 11.4 Å². The zero-order valence-corrected chi connectivity index (χ0v) is 16.8. The lowest BCUT2D eigenvalue weighted by Crippen LogP contribution is -2.44. The molecule has 0 aliphatic rings. The number of esters is 1. The molecule has 6 nitrogen and oxygen atoms in total. The first-order chi connectivity index (χ1) is 12.1. The number of benzene rings is 1. The van der Waals surface area contributed by atoms with Gasteiger partial charge >= 0.3 is 5.97 Å². The molecule has 0 bridgehead atoms. The van der Waals surface area contributed by atoms with Gasteiger partial charge in [0.15, 0.2) is 6.61 Å². The Balaban J connectivity index is 2.77. The van der Waals surface area contributed by atoms with Gasteiger partial charge in [-0.05, 0) is 44.4 Å². The minimum atomic E-state index is -0.888. The second kappa shape index (κ2) is 10.4. The lowest BCUT2D eigenvalue weighted by molar-refractivity contribution is -0.150. The molecule has 0 aromatic heterocycles. The Bertz CT molecular complexity index is 663. The Kier molecular flexibility index (Phi) is 8.88. The Hall–Kier alpha value is -1.79. The molecule has 2 amide bonds. The third-order valence-corrected chi connectivity index (χ3v) is 3.82. The van der Waals surface area contributed by atoms with Gasteiger partial charge in [-0.2, -0.15) is 0 Å². The standard InChI is InChI=1S/C18H24Cl2N2O4/c1-10(2)7-15(18(25)26-9-16(23)21-11(3)4)22-17(24)13-6-5-12(19)8-14(13)20/h5-6,8,10-11,15H,7,9H2,1-4H3,(H,21,23)(H,22,24)/t15-/m1/s1. The fourth-order valence-electron chi connectivity index (χ4n) is 2.20. The van der Waals surface area contributed by atoms with Crippen LogP contribution in [0.25, 0.3) is 0 Å². The van der Waals surface area contributed by atoms with E-state index in [0.717, 1.165) is 0 Å². The summed E-state index contributed by atoms with van der Waals surface area (Å²) in [5, 5.41) is 5.83. The lowest BCUT2D eigenvalue weighted by atomic mass is 10.0. The fraction of sp³-hybridized carbons (Fsp3) is 0.500. The average molecular weight is 403 g/mol. The van der Waals surface area contributed by atoms with Gasteiger partial charge in [-0.3, -0.25) is 9.59 Å². The summed E-state index contributed by atoms with van der Waals surface area (Å²) in [6.45, 7) is 7.03. The van der Waals surface area contributed by atoms with E-state index in [1.807, 2.05) is 13.8 Å². The Labute approximate surface area is 163 Å². The maximum Gasteiger partial charge on any atom is 0.329 e. The predicted molar refractivity (Wildman–Crippen MR) is 101 cm³/mol. The molecule has 26 heavy (non-hydrogen) atoms. The Morgan fingerprint density at radius 1 is 1.08 bits per heavy atom. The van der Waals surface area contributed by atoms with Crippen LogP contribution in [0.3, 0.4) is 0 Å². The smallest absolute Gasteiger partial charge is 0.329 e. The first-order valence-electron chi connectivity index (χ1n) is 8.32. The van der Waals surface area contributed by atoms with E-state index in [2.05, 4.69) is 10.6 Å². The number of hydrogen-bond donors (Lipinski definition) is 2. The number of nitrogens with one attached hydrogen (secondary N) is 2. The van der Waals surface area contributed by atoms with Crippen LogP contribution >= 0.6 is 23.2 Å². The molecule has 0 saturated carbocycles. The first kappa shape index (κ1) is 22.3. The Morgan fingerprint density at radius 2 is 1.73 bits per heavy atom. The zero-order valence-electron chi connectivity index (χ0n) is 15.3. The van der Waals surface area contributed by atoms with Crippen molar-refractivity contribution in [2.75, 3.05) is 6.61 Å². The summed E-state index contributed by atoms with van der Waals surface area (Å²) in [5.41, 5.74) is 0.204.